The Balaban J connectivity index is 0.950. The van der Waals surface area contributed by atoms with E-state index in [1.54, 1.807) is 0 Å². The third kappa shape index (κ3) is 10.2. The standard InChI is InChI=1S/C43H62O13Si/c1-26-31-16-14-28(12-10-20-42(6)35(54-42)33(31)52-37(26)44)24-50-39(46)48-22-18-30(56-57(8,9)41(3,4)5)19-23-49-40(47)51-25-29-13-11-21-43(7)36(55-43)34-32(17-15-29)27(2)38(45)53-34/h12-13,30-36H,1-2,10-11,14-25H2,3-9H3/b28-12+,29-13+/t31-,32-,33-,34-,35-,36-,42+,43+/m0/s1. The Morgan fingerprint density at radius 2 is 1.19 bits per heavy atom. The van der Waals surface area contributed by atoms with Crippen molar-refractivity contribution in [2.24, 2.45) is 11.8 Å². The van der Waals surface area contributed by atoms with E-state index >= 15 is 0 Å². The van der Waals surface area contributed by atoms with E-state index in [1.165, 1.54) is 0 Å². The van der Waals surface area contributed by atoms with Crippen LogP contribution in [0.1, 0.15) is 98.8 Å². The van der Waals surface area contributed by atoms with Gasteiger partial charge in [0.05, 0.1) is 30.5 Å². The van der Waals surface area contributed by atoms with Gasteiger partial charge in [0.1, 0.15) is 37.6 Å². The minimum absolute atomic E-state index is 0.0611. The first-order chi connectivity index (χ1) is 26.8. The molecule has 0 aromatic carbocycles. The molecule has 0 amide bonds. The molecular weight excluding hydrogens is 753 g/mol. The zero-order valence-corrected chi connectivity index (χ0v) is 35.8. The van der Waals surface area contributed by atoms with Crippen molar-refractivity contribution in [3.8, 4) is 0 Å². The van der Waals surface area contributed by atoms with E-state index in [0.717, 1.165) is 36.8 Å². The molecule has 6 rings (SSSR count). The zero-order chi connectivity index (χ0) is 41.3. The molecule has 0 radical (unpaired) electrons. The molecule has 14 heteroatoms. The summed E-state index contributed by atoms with van der Waals surface area (Å²) in [6.45, 7) is 23.0. The van der Waals surface area contributed by atoms with Crippen LogP contribution in [0.2, 0.25) is 18.1 Å². The third-order valence-corrected chi connectivity index (χ3v) is 17.8. The van der Waals surface area contributed by atoms with Gasteiger partial charge in [-0.15, -0.1) is 0 Å². The Hall–Kier alpha value is -3.46. The van der Waals surface area contributed by atoms with E-state index < -0.39 is 20.6 Å². The first-order valence-corrected chi connectivity index (χ1v) is 23.5. The van der Waals surface area contributed by atoms with Crippen LogP contribution in [0.5, 0.6) is 0 Å². The Bertz CT molecular complexity index is 1550. The molecule has 4 aliphatic heterocycles. The lowest BCUT2D eigenvalue weighted by Crippen LogP contribution is -2.44. The average molecular weight is 815 g/mol. The van der Waals surface area contributed by atoms with E-state index in [9.17, 15) is 19.2 Å². The maximum atomic E-state index is 12.8. The third-order valence-electron chi connectivity index (χ3n) is 13.2. The number of carbonyl (C=O) groups is 4. The van der Waals surface area contributed by atoms with E-state index in [-0.39, 0.29) is 97.0 Å². The van der Waals surface area contributed by atoms with Crippen LogP contribution in [0.25, 0.3) is 0 Å². The van der Waals surface area contributed by atoms with Crippen molar-refractivity contribution in [1.29, 1.82) is 0 Å². The highest BCUT2D eigenvalue weighted by Crippen LogP contribution is 2.51. The van der Waals surface area contributed by atoms with Crippen LogP contribution in [0.15, 0.2) is 47.6 Å². The van der Waals surface area contributed by atoms with Crippen LogP contribution in [0, 0.1) is 11.8 Å². The van der Waals surface area contributed by atoms with E-state index in [0.29, 0.717) is 49.7 Å². The predicted octanol–water partition coefficient (Wildman–Crippen LogP) is 7.97. The molecule has 4 fully saturated rings. The fraction of sp³-hybridized carbons (Fsp3) is 0.721. The lowest BCUT2D eigenvalue weighted by Gasteiger charge is -2.39. The zero-order valence-electron chi connectivity index (χ0n) is 34.8. The smallest absolute Gasteiger partial charge is 0.455 e. The molecule has 2 aliphatic carbocycles. The van der Waals surface area contributed by atoms with Crippen LogP contribution < -0.4 is 0 Å². The number of carbonyl (C=O) groups excluding carboxylic acids is 4. The predicted molar refractivity (Wildman–Crippen MR) is 211 cm³/mol. The molecule has 6 aliphatic rings. The van der Waals surface area contributed by atoms with Crippen molar-refractivity contribution in [3.63, 3.8) is 0 Å². The second-order valence-corrected chi connectivity index (χ2v) is 23.2. The lowest BCUT2D eigenvalue weighted by atomic mass is 9.84. The second kappa shape index (κ2) is 17.0. The quantitative estimate of drug-likeness (QED) is 0.0467. The van der Waals surface area contributed by atoms with Gasteiger partial charge in [0.25, 0.3) is 0 Å². The first-order valence-electron chi connectivity index (χ1n) is 20.6. The highest BCUT2D eigenvalue weighted by atomic mass is 28.4. The lowest BCUT2D eigenvalue weighted by molar-refractivity contribution is -0.140. The van der Waals surface area contributed by atoms with Crippen molar-refractivity contribution in [3.05, 3.63) is 47.6 Å². The molecule has 0 aromatic heterocycles. The maximum absolute atomic E-state index is 12.8. The number of hydrogen-bond acceptors (Lipinski definition) is 13. The molecule has 316 valence electrons. The van der Waals surface area contributed by atoms with Gasteiger partial charge in [-0.3, -0.25) is 0 Å². The van der Waals surface area contributed by atoms with Gasteiger partial charge in [-0.1, -0.05) is 46.1 Å². The van der Waals surface area contributed by atoms with E-state index in [4.69, 9.17) is 42.3 Å². The molecule has 13 nitrogen and oxygen atoms in total. The van der Waals surface area contributed by atoms with Gasteiger partial charge in [0.2, 0.25) is 0 Å². The first kappa shape index (κ1) is 43.1. The fourth-order valence-electron chi connectivity index (χ4n) is 8.29. The largest absolute Gasteiger partial charge is 0.508 e. The number of rotatable bonds is 12. The van der Waals surface area contributed by atoms with Gasteiger partial charge in [0, 0.05) is 35.8 Å². The minimum Gasteiger partial charge on any atom is -0.455 e. The van der Waals surface area contributed by atoms with Crippen molar-refractivity contribution in [2.75, 3.05) is 26.4 Å². The molecule has 8 atom stereocenters. The summed E-state index contributed by atoms with van der Waals surface area (Å²) in [5, 5.41) is -0.0697. The molecule has 4 heterocycles. The maximum Gasteiger partial charge on any atom is 0.508 e. The Morgan fingerprint density at radius 3 is 1.60 bits per heavy atom. The highest BCUT2D eigenvalue weighted by Gasteiger charge is 2.62. The molecule has 0 saturated carbocycles. The molecule has 0 aromatic rings. The summed E-state index contributed by atoms with van der Waals surface area (Å²) in [5.74, 6) is -1.02. The molecule has 0 spiro atoms. The Morgan fingerprint density at radius 1 is 0.772 bits per heavy atom. The van der Waals surface area contributed by atoms with Crippen LogP contribution in [-0.4, -0.2) is 101 Å². The molecular formula is C43H62O13Si. The topological polar surface area (TPSA) is 158 Å². The summed E-state index contributed by atoms with van der Waals surface area (Å²) in [4.78, 5) is 50.1. The highest BCUT2D eigenvalue weighted by molar-refractivity contribution is 6.74. The van der Waals surface area contributed by atoms with Crippen molar-refractivity contribution in [2.45, 2.75) is 159 Å². The Kier molecular flexibility index (Phi) is 12.9. The van der Waals surface area contributed by atoms with Gasteiger partial charge in [-0.25, -0.2) is 19.2 Å². The van der Waals surface area contributed by atoms with Crippen molar-refractivity contribution in [1.82, 2.24) is 0 Å². The fourth-order valence-corrected chi connectivity index (χ4v) is 9.71. The Labute approximate surface area is 337 Å². The van der Waals surface area contributed by atoms with Gasteiger partial charge in [-0.05, 0) is 94.5 Å². The number of esters is 2. The summed E-state index contributed by atoms with van der Waals surface area (Å²) in [7, 11) is -2.23. The van der Waals surface area contributed by atoms with Gasteiger partial charge >= 0.3 is 24.2 Å². The van der Waals surface area contributed by atoms with Crippen molar-refractivity contribution >= 4 is 32.6 Å². The van der Waals surface area contributed by atoms with Crippen LogP contribution in [-0.2, 0) is 51.9 Å². The molecule has 4 saturated heterocycles. The SMILES string of the molecule is C=C1C(=O)O[C@H]2[C@H]1CC/C(COC(=O)OCCC(CCOC(=O)OC/C1=C/CC[C@@]3(C)O[C@H]3[C@H]3OC(=O)C(=C)[C@@H]3CC1)O[Si](C)(C)C(C)(C)C)=C\CC[C@@]1(C)O[C@@H]21. The number of hydrogen-bond donors (Lipinski definition) is 0. The number of fused-ring (bicyclic) bond motifs is 6. The monoisotopic (exact) mass is 814 g/mol. The van der Waals surface area contributed by atoms with E-state index in [2.05, 4.69) is 59.2 Å². The summed E-state index contributed by atoms with van der Waals surface area (Å²) in [6, 6.07) is 0. The number of epoxide rings is 2. The summed E-state index contributed by atoms with van der Waals surface area (Å²) < 4.78 is 52.0. The average Bonchev–Trinajstić information content (AvgIpc) is 3.95. The molecule has 0 unspecified atom stereocenters. The van der Waals surface area contributed by atoms with Gasteiger partial charge in [0.15, 0.2) is 8.32 Å². The molecule has 0 bridgehead atoms. The van der Waals surface area contributed by atoms with Crippen molar-refractivity contribution < 1.29 is 61.5 Å². The van der Waals surface area contributed by atoms with Gasteiger partial charge < -0.3 is 42.3 Å². The van der Waals surface area contributed by atoms with Crippen LogP contribution >= 0.6 is 0 Å². The molecule has 57 heavy (non-hydrogen) atoms. The van der Waals surface area contributed by atoms with Crippen LogP contribution in [0.3, 0.4) is 0 Å². The normalized spacial score (nSPS) is 34.9. The number of allylic oxidation sites excluding steroid dienone is 2. The second-order valence-electron chi connectivity index (χ2n) is 18.4. The van der Waals surface area contributed by atoms with Gasteiger partial charge in [-0.2, -0.15) is 0 Å². The van der Waals surface area contributed by atoms with Crippen LogP contribution in [0.4, 0.5) is 9.59 Å². The van der Waals surface area contributed by atoms with E-state index in [1.807, 2.05) is 13.8 Å². The summed E-state index contributed by atoms with van der Waals surface area (Å²) in [6.07, 6.45) is 7.69. The number of ether oxygens (including phenoxy) is 8. The molecule has 0 N–H and O–H groups in total. The summed E-state index contributed by atoms with van der Waals surface area (Å²) >= 11 is 0. The summed E-state index contributed by atoms with van der Waals surface area (Å²) in [5.41, 5.74) is 2.13. The minimum atomic E-state index is -2.23.